The zero-order valence-electron chi connectivity index (χ0n) is 15.5. The normalized spacial score (nSPS) is 18.5. The number of amides is 3. The summed E-state index contributed by atoms with van der Waals surface area (Å²) < 4.78 is 26.8. The average Bonchev–Trinajstić information content (AvgIpc) is 3.20. The number of nitrogens with zero attached hydrogens (tertiary/aromatic N) is 1. The van der Waals surface area contributed by atoms with Gasteiger partial charge in [0.1, 0.15) is 11.6 Å². The van der Waals surface area contributed by atoms with E-state index in [4.69, 9.17) is 0 Å². The first-order chi connectivity index (χ1) is 13.0. The number of urea groups is 1. The van der Waals surface area contributed by atoms with Crippen molar-refractivity contribution in [1.29, 1.82) is 0 Å². The summed E-state index contributed by atoms with van der Waals surface area (Å²) in [5.41, 5.74) is -0.142. The lowest BCUT2D eigenvalue weighted by atomic mass is 9.93. The molecule has 1 aromatic rings. The van der Waals surface area contributed by atoms with Crippen LogP contribution in [0.2, 0.25) is 0 Å². The van der Waals surface area contributed by atoms with E-state index in [0.29, 0.717) is 25.6 Å². The first-order valence-corrected chi connectivity index (χ1v) is 9.81. The molecular weight excluding hydrogens is 352 g/mol. The van der Waals surface area contributed by atoms with Gasteiger partial charge in [-0.25, -0.2) is 13.6 Å². The lowest BCUT2D eigenvalue weighted by Gasteiger charge is -2.32. The molecule has 2 aliphatic rings. The molecule has 3 amide bonds. The first-order valence-electron chi connectivity index (χ1n) is 9.81. The zero-order chi connectivity index (χ0) is 19.2. The lowest BCUT2D eigenvalue weighted by Crippen LogP contribution is -2.41. The summed E-state index contributed by atoms with van der Waals surface area (Å²) in [6, 6.07) is 2.58. The minimum absolute atomic E-state index is 0.142. The molecule has 3 rings (SSSR count). The number of rotatable bonds is 5. The maximum Gasteiger partial charge on any atom is 0.321 e. The predicted molar refractivity (Wildman–Crippen MR) is 99.3 cm³/mol. The smallest absolute Gasteiger partial charge is 0.321 e. The van der Waals surface area contributed by atoms with Gasteiger partial charge in [0.25, 0.3) is 0 Å². The quantitative estimate of drug-likeness (QED) is 0.815. The number of likely N-dealkylation sites (tertiary alicyclic amines) is 1. The van der Waals surface area contributed by atoms with Crippen molar-refractivity contribution >= 4 is 17.6 Å². The Labute approximate surface area is 158 Å². The fourth-order valence-corrected chi connectivity index (χ4v) is 3.94. The number of benzene rings is 1. The van der Waals surface area contributed by atoms with Gasteiger partial charge in [0.15, 0.2) is 0 Å². The zero-order valence-corrected chi connectivity index (χ0v) is 15.5. The third-order valence-corrected chi connectivity index (χ3v) is 5.65. The summed E-state index contributed by atoms with van der Waals surface area (Å²) in [6.07, 6.45) is 6.91. The van der Waals surface area contributed by atoms with Crippen molar-refractivity contribution in [2.45, 2.75) is 44.9 Å². The molecule has 0 radical (unpaired) electrons. The molecule has 7 heteroatoms. The second-order valence-electron chi connectivity index (χ2n) is 7.55. The molecule has 0 spiro atoms. The Morgan fingerprint density at radius 2 is 1.78 bits per heavy atom. The fourth-order valence-electron chi connectivity index (χ4n) is 3.94. The lowest BCUT2D eigenvalue weighted by molar-refractivity contribution is -0.124. The maximum absolute atomic E-state index is 13.6. The van der Waals surface area contributed by atoms with E-state index in [-0.39, 0.29) is 17.5 Å². The Hall–Kier alpha value is -2.18. The third-order valence-electron chi connectivity index (χ3n) is 5.65. The van der Waals surface area contributed by atoms with Crippen molar-refractivity contribution < 1.29 is 18.4 Å². The Bertz CT molecular complexity index is 669. The van der Waals surface area contributed by atoms with Gasteiger partial charge in [-0.05, 0) is 50.2 Å². The van der Waals surface area contributed by atoms with Gasteiger partial charge in [0, 0.05) is 31.6 Å². The fraction of sp³-hybridized carbons (Fsp3) is 0.600. The molecule has 5 nitrogen and oxygen atoms in total. The summed E-state index contributed by atoms with van der Waals surface area (Å²) in [5, 5.41) is 5.48. The van der Waals surface area contributed by atoms with Gasteiger partial charge in [-0.1, -0.05) is 12.8 Å². The molecule has 1 saturated heterocycles. The second-order valence-corrected chi connectivity index (χ2v) is 7.55. The summed E-state index contributed by atoms with van der Waals surface area (Å²) in [5.74, 6) is -0.410. The SMILES string of the molecule is O=C(NCCC1CCN(C(=O)Nc2cc(F)ccc2F)CC1)C1CCCC1. The molecule has 148 valence electrons. The Balaban J connectivity index is 1.37. The van der Waals surface area contributed by atoms with E-state index in [1.807, 2.05) is 0 Å². The van der Waals surface area contributed by atoms with Crippen LogP contribution in [-0.2, 0) is 4.79 Å². The number of piperidine rings is 1. The topological polar surface area (TPSA) is 61.4 Å². The average molecular weight is 379 g/mol. The molecule has 1 aromatic carbocycles. The van der Waals surface area contributed by atoms with Crippen molar-refractivity contribution in [3.05, 3.63) is 29.8 Å². The molecular formula is C20H27F2N3O2. The molecule has 1 saturated carbocycles. The molecule has 2 fully saturated rings. The van der Waals surface area contributed by atoms with E-state index in [1.165, 1.54) is 0 Å². The summed E-state index contributed by atoms with van der Waals surface area (Å²) in [6.45, 7) is 1.83. The van der Waals surface area contributed by atoms with Crippen LogP contribution in [-0.4, -0.2) is 36.5 Å². The highest BCUT2D eigenvalue weighted by atomic mass is 19.1. The van der Waals surface area contributed by atoms with Crippen LogP contribution >= 0.6 is 0 Å². The van der Waals surface area contributed by atoms with Gasteiger partial charge in [0.2, 0.25) is 5.91 Å². The highest BCUT2D eigenvalue weighted by molar-refractivity contribution is 5.89. The Kier molecular flexibility index (Phi) is 6.63. The number of carbonyl (C=O) groups is 2. The molecule has 0 unspecified atom stereocenters. The molecule has 1 heterocycles. The molecule has 0 atom stereocenters. The van der Waals surface area contributed by atoms with Gasteiger partial charge >= 0.3 is 6.03 Å². The van der Waals surface area contributed by atoms with Crippen LogP contribution in [0.1, 0.15) is 44.9 Å². The highest BCUT2D eigenvalue weighted by Crippen LogP contribution is 2.25. The summed E-state index contributed by atoms with van der Waals surface area (Å²) >= 11 is 0. The van der Waals surface area contributed by atoms with Crippen molar-refractivity contribution in [2.75, 3.05) is 25.0 Å². The highest BCUT2D eigenvalue weighted by Gasteiger charge is 2.25. The Morgan fingerprint density at radius 1 is 1.07 bits per heavy atom. The second kappa shape index (κ2) is 9.15. The number of anilines is 1. The van der Waals surface area contributed by atoms with E-state index in [2.05, 4.69) is 10.6 Å². The van der Waals surface area contributed by atoms with Crippen molar-refractivity contribution in [1.82, 2.24) is 10.2 Å². The van der Waals surface area contributed by atoms with Crippen LogP contribution in [0.15, 0.2) is 18.2 Å². The molecule has 2 N–H and O–H groups in total. The molecule has 1 aliphatic carbocycles. The monoisotopic (exact) mass is 379 g/mol. The van der Waals surface area contributed by atoms with Crippen LogP contribution in [0.5, 0.6) is 0 Å². The van der Waals surface area contributed by atoms with E-state index < -0.39 is 17.7 Å². The minimum Gasteiger partial charge on any atom is -0.356 e. The molecule has 0 aromatic heterocycles. The van der Waals surface area contributed by atoms with E-state index in [1.54, 1.807) is 4.90 Å². The predicted octanol–water partition coefficient (Wildman–Crippen LogP) is 3.91. The van der Waals surface area contributed by atoms with Crippen molar-refractivity contribution in [3.8, 4) is 0 Å². The molecule has 1 aliphatic heterocycles. The number of carbonyl (C=O) groups excluding carboxylic acids is 2. The standard InChI is InChI=1S/C20H27F2N3O2/c21-16-5-6-17(22)18(13-16)24-20(27)25-11-8-14(9-12-25)7-10-23-19(26)15-3-1-2-4-15/h5-6,13-15H,1-4,7-12H2,(H,23,26)(H,24,27). The Morgan fingerprint density at radius 3 is 2.48 bits per heavy atom. The number of hydrogen-bond acceptors (Lipinski definition) is 2. The van der Waals surface area contributed by atoms with Crippen LogP contribution < -0.4 is 10.6 Å². The van der Waals surface area contributed by atoms with E-state index in [9.17, 15) is 18.4 Å². The number of nitrogens with one attached hydrogen (secondary N) is 2. The van der Waals surface area contributed by atoms with Gasteiger partial charge in [0.05, 0.1) is 5.69 Å². The first kappa shape index (κ1) is 19.6. The molecule has 0 bridgehead atoms. The van der Waals surface area contributed by atoms with Gasteiger partial charge in [-0.2, -0.15) is 0 Å². The largest absolute Gasteiger partial charge is 0.356 e. The van der Waals surface area contributed by atoms with Crippen LogP contribution in [0.3, 0.4) is 0 Å². The summed E-state index contributed by atoms with van der Waals surface area (Å²) in [4.78, 5) is 25.9. The summed E-state index contributed by atoms with van der Waals surface area (Å²) in [7, 11) is 0. The number of halogens is 2. The van der Waals surface area contributed by atoms with Crippen molar-refractivity contribution in [3.63, 3.8) is 0 Å². The van der Waals surface area contributed by atoms with Gasteiger partial charge in [-0.15, -0.1) is 0 Å². The van der Waals surface area contributed by atoms with Crippen LogP contribution in [0.25, 0.3) is 0 Å². The van der Waals surface area contributed by atoms with Crippen LogP contribution in [0, 0.1) is 23.5 Å². The minimum atomic E-state index is -0.655. The van der Waals surface area contributed by atoms with Gasteiger partial charge < -0.3 is 15.5 Å². The van der Waals surface area contributed by atoms with Crippen molar-refractivity contribution in [2.24, 2.45) is 11.8 Å². The van der Waals surface area contributed by atoms with Crippen LogP contribution in [0.4, 0.5) is 19.3 Å². The molecule has 27 heavy (non-hydrogen) atoms. The maximum atomic E-state index is 13.6. The van der Waals surface area contributed by atoms with Gasteiger partial charge in [-0.3, -0.25) is 4.79 Å². The third kappa shape index (κ3) is 5.40. The number of hydrogen-bond donors (Lipinski definition) is 2. The van der Waals surface area contributed by atoms with E-state index >= 15 is 0 Å². The van der Waals surface area contributed by atoms with E-state index in [0.717, 1.165) is 63.1 Å².